The minimum Gasteiger partial charge on any atom is -0.481 e. The van der Waals surface area contributed by atoms with E-state index in [-0.39, 0.29) is 11.8 Å². The van der Waals surface area contributed by atoms with E-state index >= 15 is 0 Å². The molecule has 0 aromatic heterocycles. The van der Waals surface area contributed by atoms with Crippen LogP contribution in [-0.4, -0.2) is 31.0 Å². The van der Waals surface area contributed by atoms with Crippen molar-refractivity contribution < 1.29 is 14.3 Å². The van der Waals surface area contributed by atoms with Gasteiger partial charge >= 0.3 is 0 Å². The summed E-state index contributed by atoms with van der Waals surface area (Å²) in [5.41, 5.74) is 1.83. The molecule has 1 unspecified atom stereocenters. The molecule has 3 aromatic rings. The maximum Gasteiger partial charge on any atom is 0.260 e. The quantitative estimate of drug-likeness (QED) is 0.495. The predicted molar refractivity (Wildman–Crippen MR) is 122 cm³/mol. The van der Waals surface area contributed by atoms with Crippen LogP contribution < -0.4 is 15.4 Å². The molecular weight excluding hydrogens is 412 g/mol. The lowest BCUT2D eigenvalue weighted by Gasteiger charge is -2.18. The van der Waals surface area contributed by atoms with Gasteiger partial charge in [0.25, 0.3) is 5.91 Å². The fourth-order valence-corrected chi connectivity index (χ4v) is 3.30. The number of ether oxygens (including phenoxy) is 1. The smallest absolute Gasteiger partial charge is 0.260 e. The molecule has 2 amide bonds. The van der Waals surface area contributed by atoms with Gasteiger partial charge in [-0.05, 0) is 42.3 Å². The molecule has 160 valence electrons. The predicted octanol–water partition coefficient (Wildman–Crippen LogP) is 4.17. The van der Waals surface area contributed by atoms with Gasteiger partial charge in [0, 0.05) is 18.1 Å². The van der Waals surface area contributed by atoms with Gasteiger partial charge in [-0.2, -0.15) is 0 Å². The number of halogens is 1. The van der Waals surface area contributed by atoms with Gasteiger partial charge in [-0.1, -0.05) is 72.3 Å². The van der Waals surface area contributed by atoms with Crippen LogP contribution >= 0.6 is 11.6 Å². The molecule has 0 heterocycles. The maximum atomic E-state index is 12.9. The molecule has 0 bridgehead atoms. The van der Waals surface area contributed by atoms with Crippen LogP contribution in [0.5, 0.6) is 5.75 Å². The van der Waals surface area contributed by atoms with E-state index in [1.54, 1.807) is 31.2 Å². The van der Waals surface area contributed by atoms with Gasteiger partial charge in [-0.25, -0.2) is 0 Å². The second-order valence-corrected chi connectivity index (χ2v) is 7.49. The topological polar surface area (TPSA) is 67.4 Å². The van der Waals surface area contributed by atoms with E-state index in [1.807, 2.05) is 60.7 Å². The van der Waals surface area contributed by atoms with Crippen LogP contribution in [0.4, 0.5) is 0 Å². The van der Waals surface area contributed by atoms with Gasteiger partial charge in [0.1, 0.15) is 5.75 Å². The van der Waals surface area contributed by atoms with E-state index in [2.05, 4.69) is 10.6 Å². The first-order valence-corrected chi connectivity index (χ1v) is 10.5. The second-order valence-electron chi connectivity index (χ2n) is 7.05. The van der Waals surface area contributed by atoms with Gasteiger partial charge in [-0.3, -0.25) is 9.59 Å². The lowest BCUT2D eigenvalue weighted by molar-refractivity contribution is -0.127. The van der Waals surface area contributed by atoms with Gasteiger partial charge in [-0.15, -0.1) is 0 Å². The van der Waals surface area contributed by atoms with Gasteiger partial charge < -0.3 is 15.4 Å². The summed E-state index contributed by atoms with van der Waals surface area (Å²) in [6.45, 7) is 2.28. The lowest BCUT2D eigenvalue weighted by Crippen LogP contribution is -2.41. The molecule has 0 spiro atoms. The summed E-state index contributed by atoms with van der Waals surface area (Å²) >= 11 is 5.85. The Morgan fingerprint density at radius 3 is 1.77 bits per heavy atom. The Morgan fingerprint density at radius 2 is 1.26 bits per heavy atom. The Morgan fingerprint density at radius 1 is 0.774 bits per heavy atom. The molecule has 3 rings (SSSR count). The highest BCUT2D eigenvalue weighted by atomic mass is 35.5. The highest BCUT2D eigenvalue weighted by Crippen LogP contribution is 2.24. The van der Waals surface area contributed by atoms with Crippen molar-refractivity contribution in [3.8, 4) is 5.75 Å². The fraction of sp³-hybridized carbons (Fsp3) is 0.200. The van der Waals surface area contributed by atoms with E-state index < -0.39 is 12.0 Å². The first kappa shape index (κ1) is 22.4. The average molecular weight is 437 g/mol. The summed E-state index contributed by atoms with van der Waals surface area (Å²) in [6.07, 6.45) is -0.668. The van der Waals surface area contributed by atoms with Crippen molar-refractivity contribution in [3.63, 3.8) is 0 Å². The Hall–Kier alpha value is -3.31. The summed E-state index contributed by atoms with van der Waals surface area (Å²) in [7, 11) is 0. The minimum absolute atomic E-state index is 0.114. The van der Waals surface area contributed by atoms with Gasteiger partial charge in [0.15, 0.2) is 6.10 Å². The van der Waals surface area contributed by atoms with E-state index in [0.717, 1.165) is 11.1 Å². The Kier molecular flexibility index (Phi) is 8.07. The van der Waals surface area contributed by atoms with E-state index in [1.165, 1.54) is 0 Å². The number of hydrogen-bond acceptors (Lipinski definition) is 3. The minimum atomic E-state index is -0.668. The second kappa shape index (κ2) is 11.2. The van der Waals surface area contributed by atoms with Crippen LogP contribution in [0.25, 0.3) is 0 Å². The van der Waals surface area contributed by atoms with Gasteiger partial charge in [0.05, 0.1) is 5.92 Å². The molecular formula is C25H25ClN2O3. The molecule has 2 N–H and O–H groups in total. The van der Waals surface area contributed by atoms with Gasteiger partial charge in [0.2, 0.25) is 5.91 Å². The number of nitrogens with one attached hydrogen (secondary N) is 2. The standard InChI is InChI=1S/C25H25ClN2O3/c1-18(31-22-14-12-21(26)13-15-22)24(29)27-16-17-28-25(30)23(19-8-4-2-5-9-19)20-10-6-3-7-11-20/h2-15,18,23H,16-17H2,1H3,(H,27,29)(H,28,30). The number of amides is 2. The zero-order valence-corrected chi connectivity index (χ0v) is 18.0. The molecule has 0 aliphatic rings. The van der Waals surface area contributed by atoms with Crippen molar-refractivity contribution >= 4 is 23.4 Å². The molecule has 0 aliphatic carbocycles. The van der Waals surface area contributed by atoms with E-state index in [9.17, 15) is 9.59 Å². The third-order valence-corrected chi connectivity index (χ3v) is 5.00. The molecule has 5 nitrogen and oxygen atoms in total. The molecule has 0 radical (unpaired) electrons. The number of hydrogen-bond donors (Lipinski definition) is 2. The molecule has 0 fully saturated rings. The largest absolute Gasteiger partial charge is 0.481 e. The van der Waals surface area contributed by atoms with Crippen LogP contribution in [0.1, 0.15) is 24.0 Å². The highest BCUT2D eigenvalue weighted by molar-refractivity contribution is 6.30. The molecule has 31 heavy (non-hydrogen) atoms. The molecule has 0 aliphatic heterocycles. The summed E-state index contributed by atoms with van der Waals surface area (Å²) in [5.74, 6) is -0.219. The monoisotopic (exact) mass is 436 g/mol. The number of carbonyl (C=O) groups excluding carboxylic acids is 2. The van der Waals surface area contributed by atoms with E-state index in [0.29, 0.717) is 23.9 Å². The van der Waals surface area contributed by atoms with Crippen molar-refractivity contribution in [1.82, 2.24) is 10.6 Å². The Bertz CT molecular complexity index is 939. The van der Waals surface area contributed by atoms with Crippen molar-refractivity contribution in [2.45, 2.75) is 18.9 Å². The van der Waals surface area contributed by atoms with Crippen molar-refractivity contribution in [2.75, 3.05) is 13.1 Å². The summed E-state index contributed by atoms with van der Waals surface area (Å²) in [4.78, 5) is 25.2. The normalized spacial score (nSPS) is 11.6. The average Bonchev–Trinajstić information content (AvgIpc) is 2.79. The summed E-state index contributed by atoms with van der Waals surface area (Å²) in [5, 5.41) is 6.31. The Balaban J connectivity index is 1.51. The molecule has 0 saturated carbocycles. The molecule has 6 heteroatoms. The third kappa shape index (κ3) is 6.59. The van der Waals surface area contributed by atoms with Crippen molar-refractivity contribution in [1.29, 1.82) is 0 Å². The van der Waals surface area contributed by atoms with Crippen molar-refractivity contribution in [3.05, 3.63) is 101 Å². The first-order chi connectivity index (χ1) is 15.0. The highest BCUT2D eigenvalue weighted by Gasteiger charge is 2.22. The zero-order chi connectivity index (χ0) is 22.1. The number of carbonyl (C=O) groups is 2. The number of benzene rings is 3. The van der Waals surface area contributed by atoms with Crippen LogP contribution in [-0.2, 0) is 9.59 Å². The summed E-state index contributed by atoms with van der Waals surface area (Å²) < 4.78 is 5.61. The number of rotatable bonds is 9. The Labute approximate surface area is 187 Å². The van der Waals surface area contributed by atoms with Crippen LogP contribution in [0, 0.1) is 0 Å². The lowest BCUT2D eigenvalue weighted by atomic mass is 9.90. The van der Waals surface area contributed by atoms with Crippen molar-refractivity contribution in [2.24, 2.45) is 0 Å². The SMILES string of the molecule is CC(Oc1ccc(Cl)cc1)C(=O)NCCNC(=O)C(c1ccccc1)c1ccccc1. The first-order valence-electron chi connectivity index (χ1n) is 10.1. The van der Waals surface area contributed by atoms with E-state index in [4.69, 9.17) is 16.3 Å². The summed E-state index contributed by atoms with van der Waals surface area (Å²) in [6, 6.07) is 26.1. The maximum absolute atomic E-state index is 12.9. The van der Waals surface area contributed by atoms with Crippen LogP contribution in [0.3, 0.4) is 0 Å². The molecule has 1 atom stereocenters. The molecule has 3 aromatic carbocycles. The molecule has 0 saturated heterocycles. The zero-order valence-electron chi connectivity index (χ0n) is 17.3. The van der Waals surface area contributed by atoms with Crippen LogP contribution in [0.15, 0.2) is 84.9 Å². The fourth-order valence-electron chi connectivity index (χ4n) is 3.17. The van der Waals surface area contributed by atoms with Crippen LogP contribution in [0.2, 0.25) is 5.02 Å². The third-order valence-electron chi connectivity index (χ3n) is 4.75.